The van der Waals surface area contributed by atoms with Gasteiger partial charge < -0.3 is 30.7 Å². The summed E-state index contributed by atoms with van der Waals surface area (Å²) in [4.78, 5) is 25.8. The molecule has 1 aliphatic heterocycles. The molecular weight excluding hydrogens is 477 g/mol. The molecule has 11 heteroatoms. The van der Waals surface area contributed by atoms with Crippen LogP contribution in [-0.2, 0) is 15.7 Å². The first-order chi connectivity index (χ1) is 17.1. The Kier molecular flexibility index (Phi) is 6.75. The highest BCUT2D eigenvalue weighted by molar-refractivity contribution is 6.07. The van der Waals surface area contributed by atoms with E-state index in [4.69, 9.17) is 9.47 Å². The molecule has 4 N–H and O–H groups in total. The maximum Gasteiger partial charge on any atom is 0.417 e. The Bertz CT molecular complexity index is 1280. The Morgan fingerprint density at radius 3 is 2.22 bits per heavy atom. The number of methoxy groups -OCH3 is 2. The predicted octanol–water partition coefficient (Wildman–Crippen LogP) is 4.79. The molecule has 3 aromatic rings. The van der Waals surface area contributed by atoms with E-state index in [9.17, 15) is 22.8 Å². The van der Waals surface area contributed by atoms with Gasteiger partial charge >= 0.3 is 6.18 Å². The lowest BCUT2D eigenvalue weighted by Gasteiger charge is -2.28. The maximum atomic E-state index is 13.3. The van der Waals surface area contributed by atoms with Crippen molar-refractivity contribution in [1.29, 1.82) is 0 Å². The van der Waals surface area contributed by atoms with Gasteiger partial charge in [0.05, 0.1) is 36.2 Å². The lowest BCUT2D eigenvalue weighted by molar-refractivity contribution is -0.137. The minimum absolute atomic E-state index is 0.0513. The van der Waals surface area contributed by atoms with Crippen LogP contribution in [0, 0.1) is 0 Å². The molecule has 8 nitrogen and oxygen atoms in total. The Labute approximate surface area is 204 Å². The number of nitrogens with one attached hydrogen (secondary N) is 4. The number of ether oxygens (including phenoxy) is 2. The van der Waals surface area contributed by atoms with Crippen molar-refractivity contribution in [3.05, 3.63) is 77.9 Å². The van der Waals surface area contributed by atoms with Gasteiger partial charge in [-0.05, 0) is 54.6 Å². The highest BCUT2D eigenvalue weighted by Crippen LogP contribution is 2.37. The number of hydrogen-bond acceptors (Lipinski definition) is 6. The predicted molar refractivity (Wildman–Crippen MR) is 129 cm³/mol. The van der Waals surface area contributed by atoms with Gasteiger partial charge in [0, 0.05) is 18.5 Å². The van der Waals surface area contributed by atoms with Crippen LogP contribution in [0.2, 0.25) is 0 Å². The molecule has 0 saturated carbocycles. The normalized spacial score (nSPS) is 16.4. The molecule has 4 rings (SSSR count). The number of hydrogen-bond donors (Lipinski definition) is 4. The first-order valence-electron chi connectivity index (χ1n) is 10.8. The topological polar surface area (TPSA) is 101 Å². The van der Waals surface area contributed by atoms with Gasteiger partial charge in [-0.25, -0.2) is 0 Å². The van der Waals surface area contributed by atoms with Gasteiger partial charge in [-0.1, -0.05) is 12.1 Å². The van der Waals surface area contributed by atoms with E-state index < -0.39 is 34.8 Å². The van der Waals surface area contributed by atoms with Crippen molar-refractivity contribution in [2.24, 2.45) is 0 Å². The summed E-state index contributed by atoms with van der Waals surface area (Å²) in [6.45, 7) is -0.0513. The fourth-order valence-electron chi connectivity index (χ4n) is 3.83. The maximum absolute atomic E-state index is 13.3. The van der Waals surface area contributed by atoms with E-state index in [1.165, 1.54) is 38.5 Å². The number of carbonyl (C=O) groups is 2. The third-order valence-corrected chi connectivity index (χ3v) is 5.55. The Balaban J connectivity index is 1.53. The van der Waals surface area contributed by atoms with Crippen molar-refractivity contribution in [2.75, 3.05) is 42.1 Å². The first-order valence-corrected chi connectivity index (χ1v) is 10.8. The Morgan fingerprint density at radius 1 is 0.889 bits per heavy atom. The van der Waals surface area contributed by atoms with Gasteiger partial charge in [-0.2, -0.15) is 13.2 Å². The summed E-state index contributed by atoms with van der Waals surface area (Å²) in [7, 11) is 2.98. The summed E-state index contributed by atoms with van der Waals surface area (Å²) >= 11 is 0. The zero-order valence-electron chi connectivity index (χ0n) is 19.3. The van der Waals surface area contributed by atoms with E-state index in [0.717, 1.165) is 12.1 Å². The highest BCUT2D eigenvalue weighted by Gasteiger charge is 2.44. The molecule has 36 heavy (non-hydrogen) atoms. The van der Waals surface area contributed by atoms with Crippen LogP contribution in [0.5, 0.6) is 5.75 Å². The van der Waals surface area contributed by atoms with E-state index in [0.29, 0.717) is 22.8 Å². The summed E-state index contributed by atoms with van der Waals surface area (Å²) in [5, 5.41) is 11.5. The number of anilines is 4. The molecule has 0 fully saturated rings. The first kappa shape index (κ1) is 24.9. The number of halogens is 3. The van der Waals surface area contributed by atoms with Crippen molar-refractivity contribution in [1.82, 2.24) is 0 Å². The summed E-state index contributed by atoms with van der Waals surface area (Å²) < 4.78 is 50.3. The molecule has 0 aliphatic carbocycles. The lowest BCUT2D eigenvalue weighted by Crippen LogP contribution is -2.56. The highest BCUT2D eigenvalue weighted by atomic mass is 19.4. The molecule has 188 valence electrons. The van der Waals surface area contributed by atoms with Gasteiger partial charge in [-0.3, -0.25) is 9.59 Å². The van der Waals surface area contributed by atoms with Crippen LogP contribution in [-0.4, -0.2) is 38.3 Å². The number of benzene rings is 3. The van der Waals surface area contributed by atoms with Crippen LogP contribution < -0.4 is 26.0 Å². The number of alkyl halides is 3. The quantitative estimate of drug-likeness (QED) is 0.373. The Hall–Kier alpha value is -4.25. The van der Waals surface area contributed by atoms with E-state index in [1.807, 2.05) is 0 Å². The van der Waals surface area contributed by atoms with Crippen molar-refractivity contribution in [2.45, 2.75) is 11.8 Å². The van der Waals surface area contributed by atoms with Crippen LogP contribution in [0.4, 0.5) is 35.9 Å². The molecule has 1 heterocycles. The van der Waals surface area contributed by atoms with Gasteiger partial charge in [0.15, 0.2) is 0 Å². The number of carbonyl (C=O) groups excluding carboxylic acids is 2. The fourth-order valence-corrected chi connectivity index (χ4v) is 3.83. The average Bonchev–Trinajstić information content (AvgIpc) is 3.23. The van der Waals surface area contributed by atoms with Gasteiger partial charge in [-0.15, -0.1) is 0 Å². The average molecular weight is 500 g/mol. The van der Waals surface area contributed by atoms with Crippen LogP contribution in [0.25, 0.3) is 0 Å². The zero-order chi connectivity index (χ0) is 25.9. The zero-order valence-corrected chi connectivity index (χ0v) is 19.3. The summed E-state index contributed by atoms with van der Waals surface area (Å²) in [5.74, 6) is -0.707. The van der Waals surface area contributed by atoms with Crippen molar-refractivity contribution >= 4 is 34.6 Å². The molecule has 0 radical (unpaired) electrons. The molecule has 0 bridgehead atoms. The molecule has 3 aromatic carbocycles. The summed E-state index contributed by atoms with van der Waals surface area (Å²) in [6, 6.07) is 16.0. The van der Waals surface area contributed by atoms with Crippen LogP contribution in [0.1, 0.15) is 15.9 Å². The molecular formula is C25H23F3N4O4. The van der Waals surface area contributed by atoms with E-state index in [1.54, 1.807) is 30.3 Å². The SMILES string of the molecule is COCC1(C(=O)Nc2ccc(OC)cc2)Nc2ccc(NC(=O)c3ccccc3C(F)(F)F)cc2N1. The lowest BCUT2D eigenvalue weighted by atomic mass is 10.1. The number of rotatable bonds is 7. The second-order valence-electron chi connectivity index (χ2n) is 8.03. The van der Waals surface area contributed by atoms with Crippen LogP contribution >= 0.6 is 0 Å². The second kappa shape index (κ2) is 9.78. The van der Waals surface area contributed by atoms with Crippen molar-refractivity contribution in [3.8, 4) is 5.75 Å². The van der Waals surface area contributed by atoms with Gasteiger partial charge in [0.25, 0.3) is 11.8 Å². The molecule has 1 atom stereocenters. The third-order valence-electron chi connectivity index (χ3n) is 5.55. The number of amides is 2. The van der Waals surface area contributed by atoms with E-state index >= 15 is 0 Å². The molecule has 0 saturated heterocycles. The van der Waals surface area contributed by atoms with Gasteiger partial charge in [0.1, 0.15) is 5.75 Å². The molecule has 0 aromatic heterocycles. The molecule has 1 unspecified atom stereocenters. The minimum atomic E-state index is -4.67. The van der Waals surface area contributed by atoms with Crippen LogP contribution in [0.15, 0.2) is 66.7 Å². The van der Waals surface area contributed by atoms with Gasteiger partial charge in [0.2, 0.25) is 5.66 Å². The smallest absolute Gasteiger partial charge is 0.417 e. The largest absolute Gasteiger partial charge is 0.497 e. The number of fused-ring (bicyclic) bond motifs is 1. The fraction of sp³-hybridized carbons (Fsp3) is 0.200. The summed E-state index contributed by atoms with van der Waals surface area (Å²) in [5.41, 5.74) is -1.12. The molecule has 2 amide bonds. The Morgan fingerprint density at radius 2 is 1.56 bits per heavy atom. The van der Waals surface area contributed by atoms with Crippen LogP contribution in [0.3, 0.4) is 0 Å². The van der Waals surface area contributed by atoms with E-state index in [-0.39, 0.29) is 12.3 Å². The monoisotopic (exact) mass is 500 g/mol. The molecule has 0 spiro atoms. The van der Waals surface area contributed by atoms with Crippen molar-refractivity contribution < 1.29 is 32.2 Å². The van der Waals surface area contributed by atoms with Crippen molar-refractivity contribution in [3.63, 3.8) is 0 Å². The second-order valence-corrected chi connectivity index (χ2v) is 8.03. The third kappa shape index (κ3) is 5.05. The van der Waals surface area contributed by atoms with E-state index in [2.05, 4.69) is 21.3 Å². The summed E-state index contributed by atoms with van der Waals surface area (Å²) in [6.07, 6.45) is -4.67. The minimum Gasteiger partial charge on any atom is -0.497 e. The standard InChI is InChI=1S/C25H23F3N4O4/c1-35-14-24(23(34)30-15-7-10-17(36-2)11-8-15)31-20-12-9-16(13-21(20)32-24)29-22(33)18-5-3-4-6-19(18)25(26,27)28/h3-13,31-32H,14H2,1-2H3,(H,29,33)(H,30,34). The molecule has 1 aliphatic rings.